The molecule has 0 atom stereocenters. The highest BCUT2D eigenvalue weighted by Crippen LogP contribution is 2.25. The average Bonchev–Trinajstić information content (AvgIpc) is 2.49. The Labute approximate surface area is 118 Å². The Morgan fingerprint density at radius 1 is 1.35 bits per heavy atom. The summed E-state index contributed by atoms with van der Waals surface area (Å²) < 4.78 is 0. The molecule has 20 heavy (non-hydrogen) atoms. The topological polar surface area (TPSA) is 92.5 Å². The van der Waals surface area contributed by atoms with Crippen molar-refractivity contribution in [1.82, 2.24) is 5.32 Å². The van der Waals surface area contributed by atoms with Gasteiger partial charge in [0.05, 0.1) is 11.5 Å². The highest BCUT2D eigenvalue weighted by Gasteiger charge is 2.27. The first kappa shape index (κ1) is 16.1. The molecular weight excluding hydrogens is 260 g/mol. The summed E-state index contributed by atoms with van der Waals surface area (Å²) in [7, 11) is 0. The van der Waals surface area contributed by atoms with E-state index >= 15 is 0 Å². The van der Waals surface area contributed by atoms with Crippen LogP contribution in [0.3, 0.4) is 0 Å². The first-order chi connectivity index (χ1) is 9.49. The summed E-state index contributed by atoms with van der Waals surface area (Å²) in [5.41, 5.74) is -0.552. The van der Waals surface area contributed by atoms with Crippen molar-refractivity contribution in [3.63, 3.8) is 0 Å². The van der Waals surface area contributed by atoms with Gasteiger partial charge in [0.2, 0.25) is 0 Å². The molecule has 110 valence electrons. The SMILES string of the molecule is CCC(CC)(CO)CNC(=O)c1ccccc1[N+](=O)[O-]. The van der Waals surface area contributed by atoms with E-state index < -0.39 is 10.8 Å². The van der Waals surface area contributed by atoms with Crippen molar-refractivity contribution < 1.29 is 14.8 Å². The minimum atomic E-state index is -0.576. The number of hydrogen-bond acceptors (Lipinski definition) is 4. The smallest absolute Gasteiger partial charge is 0.282 e. The Balaban J connectivity index is 2.85. The van der Waals surface area contributed by atoms with Crippen LogP contribution in [0.25, 0.3) is 0 Å². The minimum absolute atomic E-state index is 0.0306. The Bertz CT molecular complexity index is 476. The largest absolute Gasteiger partial charge is 0.396 e. The molecule has 1 rings (SSSR count). The second-order valence-electron chi connectivity index (χ2n) is 4.82. The van der Waals surface area contributed by atoms with Crippen molar-refractivity contribution in [2.45, 2.75) is 26.7 Å². The van der Waals surface area contributed by atoms with Gasteiger partial charge >= 0.3 is 0 Å². The molecule has 0 saturated heterocycles. The van der Waals surface area contributed by atoms with E-state index in [1.165, 1.54) is 18.2 Å². The van der Waals surface area contributed by atoms with E-state index in [0.29, 0.717) is 6.54 Å². The van der Waals surface area contributed by atoms with Crippen LogP contribution in [-0.2, 0) is 0 Å². The number of nitro groups is 1. The summed E-state index contributed by atoms with van der Waals surface area (Å²) in [5, 5.41) is 23.0. The van der Waals surface area contributed by atoms with E-state index in [1.807, 2.05) is 13.8 Å². The van der Waals surface area contributed by atoms with Crippen LogP contribution < -0.4 is 5.32 Å². The van der Waals surface area contributed by atoms with Crippen molar-refractivity contribution in [3.8, 4) is 0 Å². The van der Waals surface area contributed by atoms with E-state index in [4.69, 9.17) is 0 Å². The quantitative estimate of drug-likeness (QED) is 0.591. The number of rotatable bonds is 7. The zero-order valence-electron chi connectivity index (χ0n) is 11.8. The third-order valence-corrected chi connectivity index (χ3v) is 3.80. The molecule has 0 fully saturated rings. The molecular formula is C14H20N2O4. The van der Waals surface area contributed by atoms with Gasteiger partial charge in [0.25, 0.3) is 11.6 Å². The zero-order valence-corrected chi connectivity index (χ0v) is 11.8. The fraction of sp³-hybridized carbons (Fsp3) is 0.500. The maximum absolute atomic E-state index is 12.1. The number of nitrogens with zero attached hydrogens (tertiary/aromatic N) is 1. The van der Waals surface area contributed by atoms with E-state index in [-0.39, 0.29) is 23.3 Å². The second-order valence-corrected chi connectivity index (χ2v) is 4.82. The van der Waals surface area contributed by atoms with Crippen molar-refractivity contribution in [2.24, 2.45) is 5.41 Å². The van der Waals surface area contributed by atoms with Crippen molar-refractivity contribution in [3.05, 3.63) is 39.9 Å². The number of nitrogens with one attached hydrogen (secondary N) is 1. The normalized spacial score (nSPS) is 11.2. The van der Waals surface area contributed by atoms with Gasteiger partial charge in [-0.15, -0.1) is 0 Å². The van der Waals surface area contributed by atoms with Crippen LogP contribution in [0.2, 0.25) is 0 Å². The van der Waals surface area contributed by atoms with Gasteiger partial charge in [0.15, 0.2) is 0 Å². The minimum Gasteiger partial charge on any atom is -0.396 e. The molecule has 1 aromatic carbocycles. The lowest BCUT2D eigenvalue weighted by Gasteiger charge is -2.29. The number of nitro benzene ring substituents is 1. The molecule has 1 amide bonds. The number of hydrogen-bond donors (Lipinski definition) is 2. The summed E-state index contributed by atoms with van der Waals surface area (Å²) in [6.07, 6.45) is 1.44. The third kappa shape index (κ3) is 3.54. The summed E-state index contributed by atoms with van der Waals surface area (Å²) in [6, 6.07) is 5.83. The number of carbonyl (C=O) groups excluding carboxylic acids is 1. The van der Waals surface area contributed by atoms with Crippen LogP contribution in [0, 0.1) is 15.5 Å². The van der Waals surface area contributed by atoms with Crippen molar-refractivity contribution >= 4 is 11.6 Å². The van der Waals surface area contributed by atoms with Crippen LogP contribution in [0.5, 0.6) is 0 Å². The summed E-state index contributed by atoms with van der Waals surface area (Å²) in [6.45, 7) is 4.15. The van der Waals surface area contributed by atoms with E-state index in [9.17, 15) is 20.0 Å². The monoisotopic (exact) mass is 280 g/mol. The van der Waals surface area contributed by atoms with Gasteiger partial charge in [0, 0.05) is 18.0 Å². The molecule has 6 heteroatoms. The maximum Gasteiger partial charge on any atom is 0.282 e. The number of aliphatic hydroxyl groups is 1. The number of benzene rings is 1. The van der Waals surface area contributed by atoms with Crippen LogP contribution in [0.1, 0.15) is 37.0 Å². The number of amides is 1. The van der Waals surface area contributed by atoms with Crippen molar-refractivity contribution in [1.29, 1.82) is 0 Å². The number of para-hydroxylation sites is 1. The highest BCUT2D eigenvalue weighted by atomic mass is 16.6. The molecule has 0 unspecified atom stereocenters. The van der Waals surface area contributed by atoms with Gasteiger partial charge in [0.1, 0.15) is 5.56 Å². The van der Waals surface area contributed by atoms with Gasteiger partial charge in [-0.3, -0.25) is 14.9 Å². The van der Waals surface area contributed by atoms with Gasteiger partial charge in [-0.2, -0.15) is 0 Å². The molecule has 0 heterocycles. The summed E-state index contributed by atoms with van der Waals surface area (Å²) in [4.78, 5) is 22.4. The van der Waals surface area contributed by atoms with Gasteiger partial charge < -0.3 is 10.4 Å². The fourth-order valence-corrected chi connectivity index (χ4v) is 1.97. The maximum atomic E-state index is 12.1. The number of carbonyl (C=O) groups is 1. The molecule has 0 spiro atoms. The lowest BCUT2D eigenvalue weighted by Crippen LogP contribution is -2.39. The van der Waals surface area contributed by atoms with Crippen LogP contribution in [-0.4, -0.2) is 29.1 Å². The molecule has 0 radical (unpaired) electrons. The Kier molecular flexibility index (Phi) is 5.64. The Morgan fingerprint density at radius 2 is 1.95 bits per heavy atom. The standard InChI is InChI=1S/C14H20N2O4/c1-3-14(4-2,10-17)9-15-13(18)11-7-5-6-8-12(11)16(19)20/h5-8,17H,3-4,9-10H2,1-2H3,(H,15,18). The molecule has 0 aliphatic rings. The molecule has 0 aliphatic carbocycles. The average molecular weight is 280 g/mol. The predicted octanol–water partition coefficient (Wildman–Crippen LogP) is 2.12. The molecule has 0 saturated carbocycles. The van der Waals surface area contributed by atoms with Crippen LogP contribution in [0.4, 0.5) is 5.69 Å². The van der Waals surface area contributed by atoms with Crippen LogP contribution in [0.15, 0.2) is 24.3 Å². The predicted molar refractivity (Wildman–Crippen MR) is 75.5 cm³/mol. The van der Waals surface area contributed by atoms with E-state index in [1.54, 1.807) is 6.07 Å². The third-order valence-electron chi connectivity index (χ3n) is 3.80. The lowest BCUT2D eigenvalue weighted by molar-refractivity contribution is -0.385. The molecule has 2 N–H and O–H groups in total. The number of aliphatic hydroxyl groups excluding tert-OH is 1. The molecule has 6 nitrogen and oxygen atoms in total. The van der Waals surface area contributed by atoms with E-state index in [0.717, 1.165) is 12.8 Å². The van der Waals surface area contributed by atoms with Crippen LogP contribution >= 0.6 is 0 Å². The molecule has 0 bridgehead atoms. The Hall–Kier alpha value is -1.95. The first-order valence-corrected chi connectivity index (χ1v) is 6.62. The van der Waals surface area contributed by atoms with E-state index in [2.05, 4.69) is 5.32 Å². The second kappa shape index (κ2) is 7.00. The molecule has 1 aromatic rings. The lowest BCUT2D eigenvalue weighted by atomic mass is 9.83. The molecule has 0 aliphatic heterocycles. The summed E-state index contributed by atoms with van der Waals surface area (Å²) >= 11 is 0. The zero-order chi connectivity index (χ0) is 15.2. The van der Waals surface area contributed by atoms with Gasteiger partial charge in [-0.25, -0.2) is 0 Å². The highest BCUT2D eigenvalue weighted by molar-refractivity contribution is 5.98. The van der Waals surface area contributed by atoms with Gasteiger partial charge in [-0.05, 0) is 18.9 Å². The Morgan fingerprint density at radius 3 is 2.45 bits per heavy atom. The van der Waals surface area contributed by atoms with Crippen molar-refractivity contribution in [2.75, 3.05) is 13.2 Å². The summed E-state index contributed by atoms with van der Waals surface area (Å²) in [5.74, 6) is -0.489. The first-order valence-electron chi connectivity index (χ1n) is 6.62. The van der Waals surface area contributed by atoms with Gasteiger partial charge in [-0.1, -0.05) is 26.0 Å². The fourth-order valence-electron chi connectivity index (χ4n) is 1.97. The molecule has 0 aromatic heterocycles.